The van der Waals surface area contributed by atoms with Crippen molar-refractivity contribution in [1.29, 1.82) is 0 Å². The van der Waals surface area contributed by atoms with Gasteiger partial charge in [-0.2, -0.15) is 0 Å². The van der Waals surface area contributed by atoms with Crippen molar-refractivity contribution in [1.82, 2.24) is 10.2 Å². The summed E-state index contributed by atoms with van der Waals surface area (Å²) in [6, 6.07) is 1.14. The first kappa shape index (κ1) is 17.4. The SMILES string of the molecule is C[Si](C)(C)CCOCN1CCc2occ3c2C1=C1NC=CC=C1C(F)=C3. The number of rotatable bonds is 5. The molecule has 1 aromatic heterocycles. The summed E-state index contributed by atoms with van der Waals surface area (Å²) in [5.74, 6) is 0.671. The minimum Gasteiger partial charge on any atom is -0.468 e. The fourth-order valence-electron chi connectivity index (χ4n) is 3.49. The van der Waals surface area contributed by atoms with Crippen molar-refractivity contribution in [3.05, 3.63) is 58.6 Å². The first-order valence-corrected chi connectivity index (χ1v) is 12.8. The van der Waals surface area contributed by atoms with Gasteiger partial charge in [-0.25, -0.2) is 4.39 Å². The van der Waals surface area contributed by atoms with Crippen molar-refractivity contribution in [2.75, 3.05) is 19.9 Å². The average Bonchev–Trinajstić information content (AvgIpc) is 2.95. The third-order valence-corrected chi connectivity index (χ3v) is 6.64. The van der Waals surface area contributed by atoms with Crippen LogP contribution in [0.1, 0.15) is 16.9 Å². The molecule has 2 aliphatic heterocycles. The third kappa shape index (κ3) is 3.19. The van der Waals surface area contributed by atoms with Crippen LogP contribution in [-0.2, 0) is 11.2 Å². The number of nitrogens with zero attached hydrogens (tertiary/aromatic N) is 1. The molecule has 0 saturated heterocycles. The van der Waals surface area contributed by atoms with Gasteiger partial charge in [0.05, 0.1) is 17.7 Å². The second-order valence-electron chi connectivity index (χ2n) is 8.15. The smallest absolute Gasteiger partial charge is 0.133 e. The molecule has 0 saturated carbocycles. The summed E-state index contributed by atoms with van der Waals surface area (Å²) in [5, 5.41) is 3.25. The monoisotopic (exact) mass is 372 g/mol. The second-order valence-corrected chi connectivity index (χ2v) is 13.8. The summed E-state index contributed by atoms with van der Waals surface area (Å²) in [5.41, 5.74) is 4.13. The molecule has 0 unspecified atom stereocenters. The molecule has 0 fully saturated rings. The molecule has 4 nitrogen and oxygen atoms in total. The van der Waals surface area contributed by atoms with Gasteiger partial charge in [0.25, 0.3) is 0 Å². The zero-order valence-electron chi connectivity index (χ0n) is 15.6. The lowest BCUT2D eigenvalue weighted by Gasteiger charge is -2.33. The Hall–Kier alpha value is -2.05. The maximum atomic E-state index is 14.8. The van der Waals surface area contributed by atoms with Crippen LogP contribution < -0.4 is 5.32 Å². The Morgan fingerprint density at radius 2 is 2.19 bits per heavy atom. The molecule has 3 heterocycles. The summed E-state index contributed by atoms with van der Waals surface area (Å²) in [6.45, 7) is 9.12. The molecule has 4 rings (SSSR count). The Kier molecular flexibility index (Phi) is 4.40. The Bertz CT molecular complexity index is 842. The van der Waals surface area contributed by atoms with E-state index in [-0.39, 0.29) is 5.83 Å². The molecular formula is C20H25FN2O2Si. The zero-order valence-corrected chi connectivity index (χ0v) is 16.6. The molecule has 138 valence electrons. The number of allylic oxidation sites excluding steroid dienone is 3. The van der Waals surface area contributed by atoms with Crippen LogP contribution in [0.2, 0.25) is 25.7 Å². The molecule has 6 heteroatoms. The van der Waals surface area contributed by atoms with E-state index < -0.39 is 8.07 Å². The number of fused-ring (bicyclic) bond motifs is 1. The number of hydrogen-bond donors (Lipinski definition) is 1. The minimum atomic E-state index is -1.12. The largest absolute Gasteiger partial charge is 0.468 e. The number of nitrogens with one attached hydrogen (secondary N) is 1. The molecule has 0 bridgehead atoms. The second kappa shape index (κ2) is 6.59. The van der Waals surface area contributed by atoms with Gasteiger partial charge in [0.15, 0.2) is 0 Å². The number of hydrogen-bond acceptors (Lipinski definition) is 4. The summed E-state index contributed by atoms with van der Waals surface area (Å²) in [6.07, 6.45) is 9.50. The standard InChI is InChI=1S/C20H25FN2O2Si/c1-26(2,3)10-9-24-13-23-8-6-17-18-14(12-25-17)11-16(21)15-5-4-7-22-19(15)20(18)23/h4-5,7,11-12,22H,6,8-10,13H2,1-3H3. The van der Waals surface area contributed by atoms with Crippen molar-refractivity contribution in [3.8, 4) is 0 Å². The molecular weight excluding hydrogens is 347 g/mol. The number of halogens is 1. The summed E-state index contributed by atoms with van der Waals surface area (Å²) in [7, 11) is -1.12. The number of furan rings is 1. The van der Waals surface area contributed by atoms with E-state index >= 15 is 0 Å². The first-order valence-electron chi connectivity index (χ1n) is 9.13. The molecule has 3 aliphatic rings. The van der Waals surface area contributed by atoms with Crippen molar-refractivity contribution in [3.63, 3.8) is 0 Å². The Morgan fingerprint density at radius 3 is 3.00 bits per heavy atom. The fourth-order valence-corrected chi connectivity index (χ4v) is 4.25. The maximum absolute atomic E-state index is 14.8. The van der Waals surface area contributed by atoms with Gasteiger partial charge < -0.3 is 19.4 Å². The van der Waals surface area contributed by atoms with E-state index in [4.69, 9.17) is 9.15 Å². The van der Waals surface area contributed by atoms with Crippen LogP contribution in [0.25, 0.3) is 11.8 Å². The predicted octanol–water partition coefficient (Wildman–Crippen LogP) is 4.49. The van der Waals surface area contributed by atoms with E-state index in [0.29, 0.717) is 12.3 Å². The normalized spacial score (nSPS) is 18.7. The summed E-state index contributed by atoms with van der Waals surface area (Å²) >= 11 is 0. The van der Waals surface area contributed by atoms with Gasteiger partial charge in [-0.1, -0.05) is 19.6 Å². The van der Waals surface area contributed by atoms with E-state index in [9.17, 15) is 4.39 Å². The predicted molar refractivity (Wildman–Crippen MR) is 104 cm³/mol. The van der Waals surface area contributed by atoms with E-state index in [2.05, 4.69) is 29.9 Å². The van der Waals surface area contributed by atoms with Gasteiger partial charge in [0, 0.05) is 50.5 Å². The van der Waals surface area contributed by atoms with Gasteiger partial charge in [0.1, 0.15) is 18.3 Å². The molecule has 1 aliphatic carbocycles. The molecule has 26 heavy (non-hydrogen) atoms. The summed E-state index contributed by atoms with van der Waals surface area (Å²) in [4.78, 5) is 2.20. The van der Waals surface area contributed by atoms with Gasteiger partial charge in [-0.15, -0.1) is 0 Å². The van der Waals surface area contributed by atoms with Crippen molar-refractivity contribution in [2.45, 2.75) is 32.1 Å². The van der Waals surface area contributed by atoms with Gasteiger partial charge in [0.2, 0.25) is 0 Å². The van der Waals surface area contributed by atoms with Crippen LogP contribution in [0.15, 0.2) is 46.1 Å². The fraction of sp³-hybridized carbons (Fsp3) is 0.400. The van der Waals surface area contributed by atoms with Crippen molar-refractivity contribution < 1.29 is 13.5 Å². The highest BCUT2D eigenvalue weighted by Crippen LogP contribution is 2.42. The van der Waals surface area contributed by atoms with Crippen LogP contribution in [0.4, 0.5) is 4.39 Å². The topological polar surface area (TPSA) is 37.6 Å². The highest BCUT2D eigenvalue weighted by atomic mass is 28.3. The van der Waals surface area contributed by atoms with E-state index in [0.717, 1.165) is 53.9 Å². The Labute approximate surface area is 154 Å². The lowest BCUT2D eigenvalue weighted by atomic mass is 9.98. The quantitative estimate of drug-likeness (QED) is 0.611. The highest BCUT2D eigenvalue weighted by Gasteiger charge is 2.33. The van der Waals surface area contributed by atoms with Gasteiger partial charge in [-0.05, 0) is 24.3 Å². The van der Waals surface area contributed by atoms with Crippen LogP contribution in [0, 0.1) is 0 Å². The van der Waals surface area contributed by atoms with Crippen molar-refractivity contribution >= 4 is 19.8 Å². The molecule has 0 amide bonds. The molecule has 0 aromatic carbocycles. The first-order chi connectivity index (χ1) is 12.4. The van der Waals surface area contributed by atoms with Crippen LogP contribution in [0.5, 0.6) is 0 Å². The Balaban J connectivity index is 1.66. The molecule has 0 spiro atoms. The number of ether oxygens (including phenoxy) is 1. The van der Waals surface area contributed by atoms with Gasteiger partial charge in [-0.3, -0.25) is 0 Å². The zero-order chi connectivity index (χ0) is 18.3. The molecule has 1 N–H and O–H groups in total. The lowest BCUT2D eigenvalue weighted by molar-refractivity contribution is 0.0656. The average molecular weight is 373 g/mol. The minimum absolute atomic E-state index is 0.248. The molecule has 0 radical (unpaired) electrons. The van der Waals surface area contributed by atoms with Crippen LogP contribution in [-0.4, -0.2) is 32.9 Å². The van der Waals surface area contributed by atoms with E-state index in [1.807, 2.05) is 18.4 Å². The molecule has 1 aromatic rings. The molecule has 0 atom stereocenters. The maximum Gasteiger partial charge on any atom is 0.133 e. The van der Waals surface area contributed by atoms with E-state index in [1.54, 1.807) is 12.3 Å². The summed E-state index contributed by atoms with van der Waals surface area (Å²) < 4.78 is 26.5. The number of dihydropyridines is 1. The van der Waals surface area contributed by atoms with E-state index in [1.165, 1.54) is 0 Å². The van der Waals surface area contributed by atoms with Crippen molar-refractivity contribution in [2.24, 2.45) is 0 Å². The van der Waals surface area contributed by atoms with Crippen LogP contribution in [0.3, 0.4) is 0 Å². The van der Waals surface area contributed by atoms with Crippen LogP contribution >= 0.6 is 0 Å². The highest BCUT2D eigenvalue weighted by molar-refractivity contribution is 6.76. The third-order valence-electron chi connectivity index (χ3n) is 4.93. The van der Waals surface area contributed by atoms with Gasteiger partial charge >= 0.3 is 0 Å². The lowest BCUT2D eigenvalue weighted by Crippen LogP contribution is -2.34. The Morgan fingerprint density at radius 1 is 1.35 bits per heavy atom.